The van der Waals surface area contributed by atoms with Gasteiger partial charge in [0.2, 0.25) is 0 Å². The minimum Gasteiger partial charge on any atom is -0.361 e. The molecule has 0 bridgehead atoms. The van der Waals surface area contributed by atoms with Crippen LogP contribution in [-0.4, -0.2) is 54.1 Å². The SMILES string of the molecule is Cc1noc(C)c1CSc1ccccc1C(=O)NCc1cccc(CN2CCN(C)CC2)c1. The molecule has 6 nitrogen and oxygen atoms in total. The van der Waals surface area contributed by atoms with E-state index in [1.54, 1.807) is 11.8 Å². The monoisotopic (exact) mass is 464 g/mol. The summed E-state index contributed by atoms with van der Waals surface area (Å²) in [7, 11) is 2.17. The van der Waals surface area contributed by atoms with Crippen molar-refractivity contribution in [3.05, 3.63) is 82.2 Å². The molecule has 0 unspecified atom stereocenters. The molecule has 1 fully saturated rings. The van der Waals surface area contributed by atoms with Gasteiger partial charge in [0.15, 0.2) is 0 Å². The molecule has 0 saturated carbocycles. The van der Waals surface area contributed by atoms with Crippen molar-refractivity contribution in [2.24, 2.45) is 0 Å². The van der Waals surface area contributed by atoms with Gasteiger partial charge in [0.05, 0.1) is 11.3 Å². The maximum Gasteiger partial charge on any atom is 0.252 e. The van der Waals surface area contributed by atoms with Gasteiger partial charge >= 0.3 is 0 Å². The molecule has 4 rings (SSSR count). The third-order valence-corrected chi connectivity index (χ3v) is 7.23. The van der Waals surface area contributed by atoms with E-state index in [4.69, 9.17) is 4.52 Å². The largest absolute Gasteiger partial charge is 0.361 e. The fourth-order valence-corrected chi connectivity index (χ4v) is 5.22. The molecule has 1 aliphatic heterocycles. The Kier molecular flexibility index (Phi) is 7.85. The summed E-state index contributed by atoms with van der Waals surface area (Å²) in [6.45, 7) is 9.76. The third-order valence-electron chi connectivity index (χ3n) is 6.13. The minimum atomic E-state index is -0.0543. The molecule has 0 radical (unpaired) electrons. The Morgan fingerprint density at radius 1 is 1.06 bits per heavy atom. The fraction of sp³-hybridized carbons (Fsp3) is 0.385. The minimum absolute atomic E-state index is 0.0543. The lowest BCUT2D eigenvalue weighted by atomic mass is 10.1. The number of carbonyl (C=O) groups is 1. The number of piperazine rings is 1. The smallest absolute Gasteiger partial charge is 0.252 e. The molecule has 0 atom stereocenters. The van der Waals surface area contributed by atoms with Crippen LogP contribution in [0.25, 0.3) is 0 Å². The summed E-state index contributed by atoms with van der Waals surface area (Å²) in [4.78, 5) is 18.8. The molecule has 7 heteroatoms. The molecular formula is C26H32N4O2S. The average Bonchev–Trinajstić information content (AvgIpc) is 3.15. The van der Waals surface area contributed by atoms with E-state index >= 15 is 0 Å². The van der Waals surface area contributed by atoms with Crippen LogP contribution in [0.3, 0.4) is 0 Å². The van der Waals surface area contributed by atoms with E-state index in [0.717, 1.165) is 66.0 Å². The zero-order valence-corrected chi connectivity index (χ0v) is 20.5. The predicted octanol–water partition coefficient (Wildman–Crippen LogP) is 4.26. The van der Waals surface area contributed by atoms with E-state index in [-0.39, 0.29) is 5.91 Å². The Labute approximate surface area is 200 Å². The van der Waals surface area contributed by atoms with Crippen LogP contribution in [-0.2, 0) is 18.8 Å². The Bertz CT molecular complexity index is 1070. The van der Waals surface area contributed by atoms with Crippen molar-refractivity contribution in [3.8, 4) is 0 Å². The lowest BCUT2D eigenvalue weighted by Crippen LogP contribution is -2.43. The zero-order chi connectivity index (χ0) is 23.2. The number of thioether (sulfide) groups is 1. The Hall–Kier alpha value is -2.61. The highest BCUT2D eigenvalue weighted by molar-refractivity contribution is 7.98. The molecule has 0 aliphatic carbocycles. The van der Waals surface area contributed by atoms with Gasteiger partial charge in [-0.15, -0.1) is 11.8 Å². The number of nitrogens with one attached hydrogen (secondary N) is 1. The van der Waals surface area contributed by atoms with E-state index < -0.39 is 0 Å². The number of amides is 1. The summed E-state index contributed by atoms with van der Waals surface area (Å²) in [5, 5.41) is 7.13. The topological polar surface area (TPSA) is 61.6 Å². The number of likely N-dealkylation sites (N-methyl/N-ethyl adjacent to an activating group) is 1. The number of hydrogen-bond donors (Lipinski definition) is 1. The summed E-state index contributed by atoms with van der Waals surface area (Å²) < 4.78 is 5.26. The van der Waals surface area contributed by atoms with Crippen molar-refractivity contribution >= 4 is 17.7 Å². The van der Waals surface area contributed by atoms with Gasteiger partial charge in [0, 0.05) is 55.5 Å². The van der Waals surface area contributed by atoms with Crippen LogP contribution in [0, 0.1) is 13.8 Å². The quantitative estimate of drug-likeness (QED) is 0.503. The molecule has 1 N–H and O–H groups in total. The summed E-state index contributed by atoms with van der Waals surface area (Å²) >= 11 is 1.64. The van der Waals surface area contributed by atoms with Crippen LogP contribution in [0.5, 0.6) is 0 Å². The van der Waals surface area contributed by atoms with Crippen molar-refractivity contribution in [1.82, 2.24) is 20.3 Å². The van der Waals surface area contributed by atoms with Gasteiger partial charge in [-0.25, -0.2) is 0 Å². The first kappa shape index (κ1) is 23.5. The van der Waals surface area contributed by atoms with Crippen LogP contribution >= 0.6 is 11.8 Å². The number of rotatable bonds is 8. The van der Waals surface area contributed by atoms with Gasteiger partial charge < -0.3 is 14.7 Å². The molecule has 2 heterocycles. The normalized spacial score (nSPS) is 15.0. The summed E-state index contributed by atoms with van der Waals surface area (Å²) in [6, 6.07) is 16.3. The molecule has 1 aromatic heterocycles. The first-order valence-electron chi connectivity index (χ1n) is 11.4. The van der Waals surface area contributed by atoms with Crippen molar-refractivity contribution in [3.63, 3.8) is 0 Å². The van der Waals surface area contributed by atoms with E-state index in [9.17, 15) is 4.79 Å². The first-order valence-corrected chi connectivity index (χ1v) is 12.4. The second kappa shape index (κ2) is 11.0. The highest BCUT2D eigenvalue weighted by Crippen LogP contribution is 2.28. The van der Waals surface area contributed by atoms with E-state index in [1.165, 1.54) is 5.56 Å². The number of aromatic nitrogens is 1. The van der Waals surface area contributed by atoms with Crippen LogP contribution in [0.15, 0.2) is 57.9 Å². The summed E-state index contributed by atoms with van der Waals surface area (Å²) in [5.74, 6) is 1.50. The number of nitrogens with zero attached hydrogens (tertiary/aromatic N) is 3. The maximum absolute atomic E-state index is 13.0. The lowest BCUT2D eigenvalue weighted by Gasteiger charge is -2.32. The zero-order valence-electron chi connectivity index (χ0n) is 19.6. The number of benzene rings is 2. The van der Waals surface area contributed by atoms with Gasteiger partial charge in [0.1, 0.15) is 5.76 Å². The first-order chi connectivity index (χ1) is 16.0. The van der Waals surface area contributed by atoms with Gasteiger partial charge in [-0.3, -0.25) is 9.69 Å². The van der Waals surface area contributed by atoms with Crippen LogP contribution in [0.1, 0.15) is 38.5 Å². The maximum atomic E-state index is 13.0. The van der Waals surface area contributed by atoms with Gasteiger partial charge in [0.25, 0.3) is 5.91 Å². The van der Waals surface area contributed by atoms with Crippen LogP contribution in [0.4, 0.5) is 0 Å². The standard InChI is InChI=1S/C26H32N4O2S/c1-19-24(20(2)32-28-19)18-33-25-10-5-4-9-23(25)26(31)27-16-21-7-6-8-22(15-21)17-30-13-11-29(3)12-14-30/h4-10,15H,11-14,16-18H2,1-3H3,(H,27,31). The summed E-state index contributed by atoms with van der Waals surface area (Å²) in [5.41, 5.74) is 5.10. The molecule has 3 aromatic rings. The lowest BCUT2D eigenvalue weighted by molar-refractivity contribution is 0.0948. The molecule has 33 heavy (non-hydrogen) atoms. The van der Waals surface area contributed by atoms with E-state index in [0.29, 0.717) is 12.1 Å². The highest BCUT2D eigenvalue weighted by atomic mass is 32.2. The average molecular weight is 465 g/mol. The van der Waals surface area contributed by atoms with Crippen molar-refractivity contribution in [2.45, 2.75) is 37.6 Å². The van der Waals surface area contributed by atoms with Gasteiger partial charge in [-0.05, 0) is 44.2 Å². The Morgan fingerprint density at radius 2 is 1.82 bits per heavy atom. The Morgan fingerprint density at radius 3 is 2.58 bits per heavy atom. The van der Waals surface area contributed by atoms with E-state index in [1.807, 2.05) is 38.1 Å². The molecule has 174 valence electrons. The van der Waals surface area contributed by atoms with Gasteiger partial charge in [-0.1, -0.05) is 41.6 Å². The molecular weight excluding hydrogens is 432 g/mol. The molecule has 1 amide bonds. The van der Waals surface area contributed by atoms with Crippen molar-refractivity contribution in [1.29, 1.82) is 0 Å². The number of hydrogen-bond acceptors (Lipinski definition) is 6. The van der Waals surface area contributed by atoms with Crippen molar-refractivity contribution in [2.75, 3.05) is 33.2 Å². The fourth-order valence-electron chi connectivity index (χ4n) is 4.02. The second-order valence-corrected chi connectivity index (χ2v) is 9.69. The number of carbonyl (C=O) groups excluding carboxylic acids is 1. The van der Waals surface area contributed by atoms with Crippen LogP contribution in [0.2, 0.25) is 0 Å². The Balaban J connectivity index is 1.35. The van der Waals surface area contributed by atoms with Crippen LogP contribution < -0.4 is 5.32 Å². The predicted molar refractivity (Wildman–Crippen MR) is 132 cm³/mol. The second-order valence-electron chi connectivity index (χ2n) is 8.67. The van der Waals surface area contributed by atoms with E-state index in [2.05, 4.69) is 51.6 Å². The molecule has 0 spiro atoms. The third kappa shape index (κ3) is 6.25. The van der Waals surface area contributed by atoms with Crippen molar-refractivity contribution < 1.29 is 9.32 Å². The number of aryl methyl sites for hydroxylation is 2. The van der Waals surface area contributed by atoms with Gasteiger partial charge in [-0.2, -0.15) is 0 Å². The summed E-state index contributed by atoms with van der Waals surface area (Å²) in [6.07, 6.45) is 0. The molecule has 2 aromatic carbocycles. The highest BCUT2D eigenvalue weighted by Gasteiger charge is 2.16. The molecule has 1 saturated heterocycles. The molecule has 1 aliphatic rings.